The first kappa shape index (κ1) is 7.39. The number of nitrogens with one attached hydrogen (secondary N) is 1. The molecule has 0 spiro atoms. The zero-order valence-electron chi connectivity index (χ0n) is 6.89. The summed E-state index contributed by atoms with van der Waals surface area (Å²) in [6, 6.07) is 0.519. The van der Waals surface area contributed by atoms with Gasteiger partial charge < -0.3 is 5.32 Å². The van der Waals surface area contributed by atoms with Crippen molar-refractivity contribution in [1.82, 2.24) is 5.32 Å². The van der Waals surface area contributed by atoms with E-state index in [1.165, 1.54) is 5.57 Å². The van der Waals surface area contributed by atoms with E-state index < -0.39 is 0 Å². The van der Waals surface area contributed by atoms with E-state index in [-0.39, 0.29) is 0 Å². The Kier molecular flexibility index (Phi) is 2.15. The summed E-state index contributed by atoms with van der Waals surface area (Å²) < 4.78 is 0. The third kappa shape index (κ3) is 1.41. The Morgan fingerprint density at radius 2 is 2.20 bits per heavy atom. The Balaban J connectivity index is 2.70. The molecule has 0 fully saturated rings. The molecule has 56 valence electrons. The number of allylic oxidation sites excluding steroid dienone is 2. The van der Waals surface area contributed by atoms with Gasteiger partial charge in [0.1, 0.15) is 0 Å². The van der Waals surface area contributed by atoms with Crippen LogP contribution >= 0.6 is 0 Å². The SMILES string of the molecule is CC(C)C1=CC=CNC1C. The van der Waals surface area contributed by atoms with Crippen molar-refractivity contribution >= 4 is 0 Å². The smallest absolute Gasteiger partial charge is 0.0445 e. The fourth-order valence-corrected chi connectivity index (χ4v) is 1.29. The van der Waals surface area contributed by atoms with E-state index in [1.54, 1.807) is 0 Å². The van der Waals surface area contributed by atoms with Gasteiger partial charge in [0.15, 0.2) is 0 Å². The fourth-order valence-electron chi connectivity index (χ4n) is 1.29. The minimum Gasteiger partial charge on any atom is -0.385 e. The van der Waals surface area contributed by atoms with E-state index in [0.717, 1.165) is 0 Å². The molecule has 0 saturated heterocycles. The number of hydrogen-bond donors (Lipinski definition) is 1. The van der Waals surface area contributed by atoms with Gasteiger partial charge >= 0.3 is 0 Å². The quantitative estimate of drug-likeness (QED) is 0.583. The van der Waals surface area contributed by atoms with Crippen molar-refractivity contribution in [3.8, 4) is 0 Å². The minimum absolute atomic E-state index is 0.519. The van der Waals surface area contributed by atoms with Gasteiger partial charge in [-0.15, -0.1) is 0 Å². The van der Waals surface area contributed by atoms with Gasteiger partial charge in [0.2, 0.25) is 0 Å². The van der Waals surface area contributed by atoms with E-state index >= 15 is 0 Å². The first-order valence-electron chi connectivity index (χ1n) is 3.84. The van der Waals surface area contributed by atoms with Gasteiger partial charge in [-0.05, 0) is 30.7 Å². The first-order valence-corrected chi connectivity index (χ1v) is 3.84. The molecule has 10 heavy (non-hydrogen) atoms. The molecule has 1 aliphatic rings. The van der Waals surface area contributed by atoms with Crippen LogP contribution in [-0.4, -0.2) is 6.04 Å². The predicted octanol–water partition coefficient (Wildman–Crippen LogP) is 2.07. The fraction of sp³-hybridized carbons (Fsp3) is 0.556. The van der Waals surface area contributed by atoms with Gasteiger partial charge in [0.05, 0.1) is 0 Å². The third-order valence-corrected chi connectivity index (χ3v) is 1.90. The van der Waals surface area contributed by atoms with Crippen LogP contribution in [-0.2, 0) is 0 Å². The Morgan fingerprint density at radius 3 is 2.60 bits per heavy atom. The average molecular weight is 137 g/mol. The average Bonchev–Trinajstić information content (AvgIpc) is 1.88. The molecule has 1 unspecified atom stereocenters. The molecule has 0 aliphatic carbocycles. The Hall–Kier alpha value is -0.720. The molecule has 0 bridgehead atoms. The molecule has 0 aromatic heterocycles. The largest absolute Gasteiger partial charge is 0.385 e. The van der Waals surface area contributed by atoms with E-state index in [0.29, 0.717) is 12.0 Å². The lowest BCUT2D eigenvalue weighted by Crippen LogP contribution is -2.27. The van der Waals surface area contributed by atoms with Gasteiger partial charge in [0.25, 0.3) is 0 Å². The van der Waals surface area contributed by atoms with E-state index in [9.17, 15) is 0 Å². The molecule has 0 aromatic carbocycles. The Bertz CT molecular complexity index is 166. The molecule has 1 nitrogen and oxygen atoms in total. The molecule has 0 aromatic rings. The van der Waals surface area contributed by atoms with Crippen molar-refractivity contribution in [3.05, 3.63) is 23.9 Å². The summed E-state index contributed by atoms with van der Waals surface area (Å²) >= 11 is 0. The maximum absolute atomic E-state index is 3.26. The molecule has 0 saturated carbocycles. The maximum Gasteiger partial charge on any atom is 0.0445 e. The van der Waals surface area contributed by atoms with Crippen LogP contribution in [0.25, 0.3) is 0 Å². The highest BCUT2D eigenvalue weighted by molar-refractivity contribution is 5.23. The van der Waals surface area contributed by atoms with Crippen LogP contribution in [0.1, 0.15) is 20.8 Å². The van der Waals surface area contributed by atoms with Crippen molar-refractivity contribution in [1.29, 1.82) is 0 Å². The van der Waals surface area contributed by atoms with Gasteiger partial charge in [-0.3, -0.25) is 0 Å². The second kappa shape index (κ2) is 2.91. The molecular weight excluding hydrogens is 122 g/mol. The summed E-state index contributed by atoms with van der Waals surface area (Å²) in [6.07, 6.45) is 6.26. The van der Waals surface area contributed by atoms with Crippen LogP contribution in [0.3, 0.4) is 0 Å². The van der Waals surface area contributed by atoms with Gasteiger partial charge in [-0.25, -0.2) is 0 Å². The van der Waals surface area contributed by atoms with Crippen LogP contribution in [0.4, 0.5) is 0 Å². The molecule has 1 heteroatoms. The maximum atomic E-state index is 3.26. The van der Waals surface area contributed by atoms with Crippen molar-refractivity contribution < 1.29 is 0 Å². The summed E-state index contributed by atoms with van der Waals surface area (Å²) in [5, 5.41) is 3.26. The summed E-state index contributed by atoms with van der Waals surface area (Å²) in [4.78, 5) is 0. The molecule has 1 heterocycles. The lowest BCUT2D eigenvalue weighted by Gasteiger charge is -2.21. The second-order valence-electron chi connectivity index (χ2n) is 3.07. The summed E-state index contributed by atoms with van der Waals surface area (Å²) in [7, 11) is 0. The van der Waals surface area contributed by atoms with Crippen molar-refractivity contribution in [2.24, 2.45) is 5.92 Å². The molecule has 1 aliphatic heterocycles. The van der Waals surface area contributed by atoms with E-state index in [2.05, 4.69) is 38.2 Å². The molecule has 1 rings (SSSR count). The van der Waals surface area contributed by atoms with Gasteiger partial charge in [-0.1, -0.05) is 19.9 Å². The predicted molar refractivity (Wildman–Crippen MR) is 44.7 cm³/mol. The summed E-state index contributed by atoms with van der Waals surface area (Å²) in [5.74, 6) is 0.660. The monoisotopic (exact) mass is 137 g/mol. The lowest BCUT2D eigenvalue weighted by atomic mass is 9.95. The van der Waals surface area contributed by atoms with E-state index in [4.69, 9.17) is 0 Å². The highest BCUT2D eigenvalue weighted by Crippen LogP contribution is 2.16. The van der Waals surface area contributed by atoms with Crippen LogP contribution in [0.5, 0.6) is 0 Å². The first-order chi connectivity index (χ1) is 4.72. The van der Waals surface area contributed by atoms with Crippen molar-refractivity contribution in [2.75, 3.05) is 0 Å². The Labute approximate surface area is 62.8 Å². The van der Waals surface area contributed by atoms with Crippen molar-refractivity contribution in [3.63, 3.8) is 0 Å². The second-order valence-corrected chi connectivity index (χ2v) is 3.07. The molecule has 1 N–H and O–H groups in total. The Morgan fingerprint density at radius 1 is 1.50 bits per heavy atom. The number of hydrogen-bond acceptors (Lipinski definition) is 1. The molecule has 0 radical (unpaired) electrons. The standard InChI is InChI=1S/C9H15N/c1-7(2)9-5-4-6-10-8(9)3/h4-8,10H,1-3H3. The van der Waals surface area contributed by atoms with Crippen LogP contribution in [0.2, 0.25) is 0 Å². The normalized spacial score (nSPS) is 24.4. The van der Waals surface area contributed by atoms with Crippen LogP contribution in [0.15, 0.2) is 23.9 Å². The van der Waals surface area contributed by atoms with Crippen molar-refractivity contribution in [2.45, 2.75) is 26.8 Å². The topological polar surface area (TPSA) is 12.0 Å². The number of dihydropyridines is 1. The zero-order chi connectivity index (χ0) is 7.56. The summed E-state index contributed by atoms with van der Waals surface area (Å²) in [5.41, 5.74) is 1.49. The third-order valence-electron chi connectivity index (χ3n) is 1.90. The molecule has 0 amide bonds. The van der Waals surface area contributed by atoms with Crippen LogP contribution in [0, 0.1) is 5.92 Å². The molecule has 1 atom stereocenters. The van der Waals surface area contributed by atoms with Gasteiger partial charge in [0, 0.05) is 6.04 Å². The highest BCUT2D eigenvalue weighted by atomic mass is 14.9. The van der Waals surface area contributed by atoms with E-state index in [1.807, 2.05) is 6.20 Å². The summed E-state index contributed by atoms with van der Waals surface area (Å²) in [6.45, 7) is 6.64. The van der Waals surface area contributed by atoms with Gasteiger partial charge in [-0.2, -0.15) is 0 Å². The van der Waals surface area contributed by atoms with Crippen LogP contribution < -0.4 is 5.32 Å². The zero-order valence-corrected chi connectivity index (χ0v) is 6.89. The minimum atomic E-state index is 0.519. The number of rotatable bonds is 1. The highest BCUT2D eigenvalue weighted by Gasteiger charge is 2.11. The molecular formula is C9H15N. The lowest BCUT2D eigenvalue weighted by molar-refractivity contribution is 0.614.